The minimum Gasteiger partial charge on any atom is -0.394 e. The lowest BCUT2D eigenvalue weighted by Crippen LogP contribution is -2.14. The van der Waals surface area contributed by atoms with Crippen LogP contribution in [0.2, 0.25) is 0 Å². The van der Waals surface area contributed by atoms with Crippen molar-refractivity contribution in [3.63, 3.8) is 0 Å². The SMILES string of the molecule is CCc1ccc(C(CO)Nc2ccc(F)cc2)cc1. The van der Waals surface area contributed by atoms with E-state index >= 15 is 0 Å². The summed E-state index contributed by atoms with van der Waals surface area (Å²) in [6.45, 7) is 2.10. The molecule has 0 fully saturated rings. The second-order valence-corrected chi connectivity index (χ2v) is 4.48. The Kier molecular flexibility index (Phi) is 4.53. The van der Waals surface area contributed by atoms with Gasteiger partial charge in [-0.25, -0.2) is 4.39 Å². The summed E-state index contributed by atoms with van der Waals surface area (Å²) in [6.07, 6.45) is 0.995. The predicted octanol–water partition coefficient (Wildman–Crippen LogP) is 3.53. The average Bonchev–Trinajstić information content (AvgIpc) is 2.47. The molecule has 0 aliphatic carbocycles. The first kappa shape index (κ1) is 13.6. The van der Waals surface area contributed by atoms with Crippen LogP contribution in [0.4, 0.5) is 10.1 Å². The molecule has 0 saturated heterocycles. The molecule has 0 radical (unpaired) electrons. The summed E-state index contributed by atoms with van der Waals surface area (Å²) in [5.41, 5.74) is 3.08. The standard InChI is InChI=1S/C16H18FNO/c1-2-12-3-5-13(6-4-12)16(11-19)18-15-9-7-14(17)8-10-15/h3-10,16,18-19H,2,11H2,1H3. The lowest BCUT2D eigenvalue weighted by atomic mass is 10.0. The van der Waals surface area contributed by atoms with E-state index in [4.69, 9.17) is 0 Å². The Morgan fingerprint density at radius 1 is 1.05 bits per heavy atom. The molecule has 0 amide bonds. The van der Waals surface area contributed by atoms with Gasteiger partial charge in [-0.15, -0.1) is 0 Å². The van der Waals surface area contributed by atoms with Crippen LogP contribution in [0.1, 0.15) is 24.1 Å². The molecule has 19 heavy (non-hydrogen) atoms. The second kappa shape index (κ2) is 6.34. The molecule has 0 bridgehead atoms. The molecule has 100 valence electrons. The first-order valence-electron chi connectivity index (χ1n) is 6.44. The minimum absolute atomic E-state index is 0.0111. The quantitative estimate of drug-likeness (QED) is 0.861. The Hall–Kier alpha value is -1.87. The Morgan fingerprint density at radius 2 is 1.68 bits per heavy atom. The van der Waals surface area contributed by atoms with Crippen LogP contribution in [-0.4, -0.2) is 11.7 Å². The molecular formula is C16H18FNO. The van der Waals surface area contributed by atoms with Crippen molar-refractivity contribution in [2.45, 2.75) is 19.4 Å². The number of hydrogen-bond acceptors (Lipinski definition) is 2. The minimum atomic E-state index is -0.265. The number of aliphatic hydroxyl groups excluding tert-OH is 1. The van der Waals surface area contributed by atoms with Crippen molar-refractivity contribution < 1.29 is 9.50 Å². The zero-order chi connectivity index (χ0) is 13.7. The van der Waals surface area contributed by atoms with E-state index in [2.05, 4.69) is 24.4 Å². The molecule has 0 saturated carbocycles. The fourth-order valence-electron chi connectivity index (χ4n) is 1.97. The van der Waals surface area contributed by atoms with Crippen LogP contribution in [0, 0.1) is 5.82 Å². The highest BCUT2D eigenvalue weighted by Gasteiger charge is 2.09. The van der Waals surface area contributed by atoms with Gasteiger partial charge in [0.05, 0.1) is 12.6 Å². The van der Waals surface area contributed by atoms with Crippen LogP contribution in [0.25, 0.3) is 0 Å². The van der Waals surface area contributed by atoms with Crippen LogP contribution in [0.3, 0.4) is 0 Å². The lowest BCUT2D eigenvalue weighted by Gasteiger charge is -2.18. The summed E-state index contributed by atoms with van der Waals surface area (Å²) in [7, 11) is 0. The average molecular weight is 259 g/mol. The summed E-state index contributed by atoms with van der Waals surface area (Å²) < 4.78 is 12.8. The van der Waals surface area contributed by atoms with Crippen molar-refractivity contribution in [3.8, 4) is 0 Å². The van der Waals surface area contributed by atoms with Crippen molar-refractivity contribution in [2.75, 3.05) is 11.9 Å². The van der Waals surface area contributed by atoms with Crippen LogP contribution < -0.4 is 5.32 Å². The Labute approximate surface area is 112 Å². The highest BCUT2D eigenvalue weighted by atomic mass is 19.1. The van der Waals surface area contributed by atoms with Crippen LogP contribution in [0.15, 0.2) is 48.5 Å². The van der Waals surface area contributed by atoms with E-state index in [-0.39, 0.29) is 18.5 Å². The maximum Gasteiger partial charge on any atom is 0.123 e. The molecule has 0 heterocycles. The van der Waals surface area contributed by atoms with Crippen LogP contribution >= 0.6 is 0 Å². The number of rotatable bonds is 5. The summed E-state index contributed by atoms with van der Waals surface area (Å²) in [5, 5.41) is 12.7. The third-order valence-corrected chi connectivity index (χ3v) is 3.16. The molecule has 3 heteroatoms. The van der Waals surface area contributed by atoms with Crippen LogP contribution in [-0.2, 0) is 6.42 Å². The van der Waals surface area contributed by atoms with Crippen molar-refractivity contribution >= 4 is 5.69 Å². The van der Waals surface area contributed by atoms with Gasteiger partial charge in [0.15, 0.2) is 0 Å². The van der Waals surface area contributed by atoms with Gasteiger partial charge >= 0.3 is 0 Å². The van der Waals surface area contributed by atoms with Crippen molar-refractivity contribution in [3.05, 3.63) is 65.5 Å². The summed E-state index contributed by atoms with van der Waals surface area (Å²) in [4.78, 5) is 0. The largest absolute Gasteiger partial charge is 0.394 e. The van der Waals surface area contributed by atoms with Gasteiger partial charge in [0.25, 0.3) is 0 Å². The van der Waals surface area contributed by atoms with Gasteiger partial charge in [-0.2, -0.15) is 0 Å². The summed E-state index contributed by atoms with van der Waals surface area (Å²) in [5.74, 6) is -0.265. The number of hydrogen-bond donors (Lipinski definition) is 2. The second-order valence-electron chi connectivity index (χ2n) is 4.48. The molecule has 2 rings (SSSR count). The highest BCUT2D eigenvalue weighted by molar-refractivity contribution is 5.45. The van der Waals surface area contributed by atoms with Gasteiger partial charge in [-0.1, -0.05) is 31.2 Å². The first-order valence-corrected chi connectivity index (χ1v) is 6.44. The molecule has 1 atom stereocenters. The molecule has 2 nitrogen and oxygen atoms in total. The third-order valence-electron chi connectivity index (χ3n) is 3.16. The highest BCUT2D eigenvalue weighted by Crippen LogP contribution is 2.20. The molecule has 2 aromatic carbocycles. The maximum atomic E-state index is 12.8. The number of halogens is 1. The van der Waals surface area contributed by atoms with E-state index in [1.807, 2.05) is 12.1 Å². The molecule has 0 aliphatic heterocycles. The van der Waals surface area contributed by atoms with E-state index in [0.717, 1.165) is 17.7 Å². The normalized spacial score (nSPS) is 12.2. The Bertz CT molecular complexity index is 507. The zero-order valence-corrected chi connectivity index (χ0v) is 10.9. The van der Waals surface area contributed by atoms with E-state index in [1.54, 1.807) is 12.1 Å². The lowest BCUT2D eigenvalue weighted by molar-refractivity contribution is 0.276. The van der Waals surface area contributed by atoms with Gasteiger partial charge in [-0.05, 0) is 41.8 Å². The Balaban J connectivity index is 2.12. The topological polar surface area (TPSA) is 32.3 Å². The molecular weight excluding hydrogens is 241 g/mol. The smallest absolute Gasteiger partial charge is 0.123 e. The molecule has 2 aromatic rings. The van der Waals surface area contributed by atoms with E-state index in [9.17, 15) is 9.50 Å². The maximum absolute atomic E-state index is 12.8. The molecule has 2 N–H and O–H groups in total. The number of aliphatic hydroxyl groups is 1. The van der Waals surface area contributed by atoms with Crippen molar-refractivity contribution in [2.24, 2.45) is 0 Å². The fourth-order valence-corrected chi connectivity index (χ4v) is 1.97. The van der Waals surface area contributed by atoms with Gasteiger partial charge in [0, 0.05) is 5.69 Å². The van der Waals surface area contributed by atoms with Crippen LogP contribution in [0.5, 0.6) is 0 Å². The summed E-state index contributed by atoms with van der Waals surface area (Å²) in [6, 6.07) is 14.1. The number of benzene rings is 2. The van der Waals surface area contributed by atoms with E-state index in [0.29, 0.717) is 0 Å². The number of aryl methyl sites for hydroxylation is 1. The monoisotopic (exact) mass is 259 g/mol. The zero-order valence-electron chi connectivity index (χ0n) is 10.9. The predicted molar refractivity (Wildman–Crippen MR) is 75.7 cm³/mol. The number of nitrogens with one attached hydrogen (secondary N) is 1. The van der Waals surface area contributed by atoms with Gasteiger partial charge in [0.1, 0.15) is 5.82 Å². The molecule has 0 aliphatic rings. The van der Waals surface area contributed by atoms with Gasteiger partial charge in [0.2, 0.25) is 0 Å². The molecule has 0 spiro atoms. The van der Waals surface area contributed by atoms with Crippen molar-refractivity contribution in [1.29, 1.82) is 0 Å². The van der Waals surface area contributed by atoms with E-state index in [1.165, 1.54) is 17.7 Å². The first-order chi connectivity index (χ1) is 9.22. The van der Waals surface area contributed by atoms with Gasteiger partial charge in [-0.3, -0.25) is 0 Å². The molecule has 0 aromatic heterocycles. The molecule has 1 unspecified atom stereocenters. The number of anilines is 1. The van der Waals surface area contributed by atoms with E-state index < -0.39 is 0 Å². The summed E-state index contributed by atoms with van der Waals surface area (Å²) >= 11 is 0. The fraction of sp³-hybridized carbons (Fsp3) is 0.250. The third kappa shape index (κ3) is 3.55. The van der Waals surface area contributed by atoms with Crippen molar-refractivity contribution in [1.82, 2.24) is 0 Å². The van der Waals surface area contributed by atoms with Gasteiger partial charge < -0.3 is 10.4 Å². The Morgan fingerprint density at radius 3 is 2.21 bits per heavy atom.